The van der Waals surface area contributed by atoms with E-state index in [1.54, 1.807) is 13.8 Å². The lowest BCUT2D eigenvalue weighted by Crippen LogP contribution is -2.41. The van der Waals surface area contributed by atoms with E-state index in [2.05, 4.69) is 11.2 Å². The smallest absolute Gasteiger partial charge is 0.244 e. The van der Waals surface area contributed by atoms with Gasteiger partial charge in [-0.1, -0.05) is 25.8 Å². The van der Waals surface area contributed by atoms with Gasteiger partial charge in [0.1, 0.15) is 0 Å². The number of nitrogens with one attached hydrogen (secondary N) is 1. The van der Waals surface area contributed by atoms with Gasteiger partial charge in [0, 0.05) is 0 Å². The third kappa shape index (κ3) is 5.98. The highest BCUT2D eigenvalue weighted by Crippen LogP contribution is 1.99. The van der Waals surface area contributed by atoms with E-state index in [9.17, 15) is 4.79 Å². The number of rotatable bonds is 3. The predicted octanol–water partition coefficient (Wildman–Crippen LogP) is 1.73. The molecule has 0 fully saturated rings. The van der Waals surface area contributed by atoms with Crippen LogP contribution in [0.1, 0.15) is 27.7 Å². The van der Waals surface area contributed by atoms with Crippen molar-refractivity contribution in [3.8, 4) is 12.3 Å². The molecule has 0 rings (SSSR count). The predicted molar refractivity (Wildman–Crippen MR) is 55.0 cm³/mol. The number of hydrogen-bond donors (Lipinski definition) is 1. The number of carbonyl (C=O) groups is 1. The molecule has 1 amide bonds. The molecule has 0 spiro atoms. The van der Waals surface area contributed by atoms with E-state index < -0.39 is 5.54 Å². The Balaban J connectivity index is 4.12. The second-order valence-electron chi connectivity index (χ2n) is 3.86. The normalized spacial score (nSPS) is 11.7. The molecule has 1 N–H and O–H groups in total. The summed E-state index contributed by atoms with van der Waals surface area (Å²) in [5, 5.41) is 2.70. The van der Waals surface area contributed by atoms with Crippen molar-refractivity contribution < 1.29 is 4.79 Å². The summed E-state index contributed by atoms with van der Waals surface area (Å²) >= 11 is 0. The standard InChI is InChI=1S/C11H17NO/c1-6-11(4,5)12-10(13)8-7-9(2)3/h1,7-9H,2-5H3,(H,12,13)/b8-7+. The van der Waals surface area contributed by atoms with Crippen LogP contribution in [0.25, 0.3) is 0 Å². The maximum absolute atomic E-state index is 11.2. The fourth-order valence-electron chi connectivity index (χ4n) is 0.666. The Hall–Kier alpha value is -1.23. The van der Waals surface area contributed by atoms with Crippen LogP contribution in [0.15, 0.2) is 12.2 Å². The van der Waals surface area contributed by atoms with Crippen molar-refractivity contribution >= 4 is 5.91 Å². The molecule has 2 nitrogen and oxygen atoms in total. The highest BCUT2D eigenvalue weighted by molar-refractivity contribution is 5.88. The summed E-state index contributed by atoms with van der Waals surface area (Å²) in [6.45, 7) is 7.59. The van der Waals surface area contributed by atoms with Crippen LogP contribution in [0.4, 0.5) is 0 Å². The quantitative estimate of drug-likeness (QED) is 0.519. The number of hydrogen-bond acceptors (Lipinski definition) is 1. The first-order valence-corrected chi connectivity index (χ1v) is 4.35. The van der Waals surface area contributed by atoms with Crippen molar-refractivity contribution in [3.05, 3.63) is 12.2 Å². The molecular formula is C11H17NO. The third-order valence-electron chi connectivity index (χ3n) is 1.43. The van der Waals surface area contributed by atoms with Gasteiger partial charge in [0.15, 0.2) is 0 Å². The Morgan fingerprint density at radius 1 is 1.54 bits per heavy atom. The number of allylic oxidation sites excluding steroid dienone is 1. The van der Waals surface area contributed by atoms with E-state index in [0.29, 0.717) is 5.92 Å². The summed E-state index contributed by atoms with van der Waals surface area (Å²) < 4.78 is 0. The van der Waals surface area contributed by atoms with Crippen LogP contribution in [0.3, 0.4) is 0 Å². The number of carbonyl (C=O) groups excluding carboxylic acids is 1. The van der Waals surface area contributed by atoms with Gasteiger partial charge < -0.3 is 5.32 Å². The first-order valence-electron chi connectivity index (χ1n) is 4.35. The van der Waals surface area contributed by atoms with Crippen molar-refractivity contribution in [1.29, 1.82) is 0 Å². The lowest BCUT2D eigenvalue weighted by atomic mass is 10.1. The van der Waals surface area contributed by atoms with Gasteiger partial charge in [-0.05, 0) is 25.8 Å². The maximum Gasteiger partial charge on any atom is 0.244 e. The van der Waals surface area contributed by atoms with E-state index in [0.717, 1.165) is 0 Å². The second kappa shape index (κ2) is 4.71. The second-order valence-corrected chi connectivity index (χ2v) is 3.86. The Bertz CT molecular complexity index is 243. The Morgan fingerprint density at radius 2 is 2.08 bits per heavy atom. The zero-order valence-electron chi connectivity index (χ0n) is 8.72. The van der Waals surface area contributed by atoms with Gasteiger partial charge in [-0.2, -0.15) is 0 Å². The number of amides is 1. The summed E-state index contributed by atoms with van der Waals surface area (Å²) in [5.41, 5.74) is -0.571. The molecule has 0 aliphatic heterocycles. The summed E-state index contributed by atoms with van der Waals surface area (Å²) in [4.78, 5) is 11.2. The molecule has 0 saturated heterocycles. The Labute approximate surface area is 80.4 Å². The Kier molecular flexibility index (Phi) is 4.27. The molecule has 0 aromatic rings. The lowest BCUT2D eigenvalue weighted by Gasteiger charge is -2.18. The highest BCUT2D eigenvalue weighted by Gasteiger charge is 2.14. The molecule has 0 radical (unpaired) electrons. The summed E-state index contributed by atoms with van der Waals surface area (Å²) in [7, 11) is 0. The molecule has 0 bridgehead atoms. The first-order chi connectivity index (χ1) is 5.87. The van der Waals surface area contributed by atoms with Crippen molar-refractivity contribution in [2.45, 2.75) is 33.2 Å². The van der Waals surface area contributed by atoms with Gasteiger partial charge >= 0.3 is 0 Å². The minimum Gasteiger partial charge on any atom is -0.337 e. The van der Waals surface area contributed by atoms with Gasteiger partial charge in [-0.3, -0.25) is 4.79 Å². The average molecular weight is 179 g/mol. The van der Waals surface area contributed by atoms with Crippen LogP contribution < -0.4 is 5.32 Å². The minimum absolute atomic E-state index is 0.142. The van der Waals surface area contributed by atoms with Crippen molar-refractivity contribution in [2.75, 3.05) is 0 Å². The van der Waals surface area contributed by atoms with Crippen LogP contribution in [0, 0.1) is 18.3 Å². The molecule has 0 unspecified atom stereocenters. The van der Waals surface area contributed by atoms with Crippen molar-refractivity contribution in [3.63, 3.8) is 0 Å². The molecule has 2 heteroatoms. The molecule has 72 valence electrons. The molecule has 0 atom stereocenters. The molecule has 0 aliphatic rings. The van der Waals surface area contributed by atoms with Crippen molar-refractivity contribution in [1.82, 2.24) is 5.32 Å². The van der Waals surface area contributed by atoms with E-state index in [-0.39, 0.29) is 5.91 Å². The summed E-state index contributed by atoms with van der Waals surface area (Å²) in [6, 6.07) is 0. The lowest BCUT2D eigenvalue weighted by molar-refractivity contribution is -0.117. The van der Waals surface area contributed by atoms with Crippen LogP contribution in [0.2, 0.25) is 0 Å². The van der Waals surface area contributed by atoms with E-state index in [1.807, 2.05) is 19.9 Å². The molecule has 0 aromatic heterocycles. The fourth-order valence-corrected chi connectivity index (χ4v) is 0.666. The topological polar surface area (TPSA) is 29.1 Å². The minimum atomic E-state index is -0.571. The Morgan fingerprint density at radius 3 is 2.46 bits per heavy atom. The average Bonchev–Trinajstić information content (AvgIpc) is 2.00. The summed E-state index contributed by atoms with van der Waals surface area (Å²) in [5.74, 6) is 2.73. The van der Waals surface area contributed by atoms with Gasteiger partial charge in [-0.15, -0.1) is 6.42 Å². The SMILES string of the molecule is C#CC(C)(C)NC(=O)/C=C/C(C)C. The van der Waals surface area contributed by atoms with Gasteiger partial charge in [-0.25, -0.2) is 0 Å². The first kappa shape index (κ1) is 11.8. The monoisotopic (exact) mass is 179 g/mol. The van der Waals surface area contributed by atoms with Gasteiger partial charge in [0.2, 0.25) is 5.91 Å². The van der Waals surface area contributed by atoms with E-state index >= 15 is 0 Å². The van der Waals surface area contributed by atoms with Crippen molar-refractivity contribution in [2.24, 2.45) is 5.92 Å². The van der Waals surface area contributed by atoms with Gasteiger partial charge in [0.25, 0.3) is 0 Å². The fraction of sp³-hybridized carbons (Fsp3) is 0.545. The van der Waals surface area contributed by atoms with E-state index in [1.165, 1.54) is 6.08 Å². The number of terminal acetylenes is 1. The highest BCUT2D eigenvalue weighted by atomic mass is 16.1. The van der Waals surface area contributed by atoms with Crippen LogP contribution >= 0.6 is 0 Å². The van der Waals surface area contributed by atoms with Crippen LogP contribution in [-0.2, 0) is 4.79 Å². The van der Waals surface area contributed by atoms with E-state index in [4.69, 9.17) is 6.42 Å². The molecule has 0 aliphatic carbocycles. The third-order valence-corrected chi connectivity index (χ3v) is 1.43. The zero-order valence-corrected chi connectivity index (χ0v) is 8.72. The van der Waals surface area contributed by atoms with Gasteiger partial charge in [0.05, 0.1) is 5.54 Å². The largest absolute Gasteiger partial charge is 0.337 e. The van der Waals surface area contributed by atoms with Crippen LogP contribution in [-0.4, -0.2) is 11.4 Å². The summed E-state index contributed by atoms with van der Waals surface area (Å²) in [6.07, 6.45) is 8.57. The molecule has 13 heavy (non-hydrogen) atoms. The molecule has 0 heterocycles. The van der Waals surface area contributed by atoms with Crippen LogP contribution in [0.5, 0.6) is 0 Å². The molecular weight excluding hydrogens is 162 g/mol. The zero-order chi connectivity index (χ0) is 10.5. The molecule has 0 saturated carbocycles. The molecule has 0 aromatic carbocycles. The maximum atomic E-state index is 11.2.